The van der Waals surface area contributed by atoms with Crippen molar-refractivity contribution in [3.63, 3.8) is 0 Å². The van der Waals surface area contributed by atoms with Gasteiger partial charge in [0.15, 0.2) is 0 Å². The monoisotopic (exact) mass is 252 g/mol. The largest absolute Gasteiger partial charge is 0.481 e. The van der Waals surface area contributed by atoms with E-state index in [1.165, 1.54) is 25.7 Å². The summed E-state index contributed by atoms with van der Waals surface area (Å²) in [6.07, 6.45) is 5.59. The number of urea groups is 1. The fourth-order valence-electron chi connectivity index (χ4n) is 3.62. The average molecular weight is 252 g/mol. The summed E-state index contributed by atoms with van der Waals surface area (Å²) in [4.78, 5) is 26.7. The molecule has 2 saturated carbocycles. The maximum atomic E-state index is 12.2. The van der Waals surface area contributed by atoms with Crippen molar-refractivity contribution < 1.29 is 14.7 Å². The SMILES string of the molecule is CN1C(=O)N(C2CC2C(=O)O)CC1C1CCCC1. The first kappa shape index (κ1) is 11.8. The van der Waals surface area contributed by atoms with Crippen molar-refractivity contribution in [2.75, 3.05) is 13.6 Å². The second-order valence-corrected chi connectivity index (χ2v) is 5.91. The van der Waals surface area contributed by atoms with Crippen LogP contribution in [-0.4, -0.2) is 52.6 Å². The Balaban J connectivity index is 1.67. The predicted octanol–water partition coefficient (Wildman–Crippen LogP) is 1.39. The van der Waals surface area contributed by atoms with E-state index in [1.807, 2.05) is 11.9 Å². The lowest BCUT2D eigenvalue weighted by Gasteiger charge is -2.23. The van der Waals surface area contributed by atoms with Crippen LogP contribution in [0, 0.1) is 11.8 Å². The molecule has 0 aromatic heterocycles. The first-order valence-corrected chi connectivity index (χ1v) is 6.86. The highest BCUT2D eigenvalue weighted by Crippen LogP contribution is 2.41. The van der Waals surface area contributed by atoms with E-state index < -0.39 is 5.97 Å². The van der Waals surface area contributed by atoms with Gasteiger partial charge in [0, 0.05) is 19.6 Å². The van der Waals surface area contributed by atoms with E-state index >= 15 is 0 Å². The second kappa shape index (κ2) is 4.14. The summed E-state index contributed by atoms with van der Waals surface area (Å²) in [6, 6.07) is 0.277. The molecule has 0 bridgehead atoms. The maximum absolute atomic E-state index is 12.2. The number of hydrogen-bond acceptors (Lipinski definition) is 2. The molecule has 5 nitrogen and oxygen atoms in total. The highest BCUT2D eigenvalue weighted by atomic mass is 16.4. The number of carbonyl (C=O) groups excluding carboxylic acids is 1. The Labute approximate surface area is 107 Å². The van der Waals surface area contributed by atoms with Gasteiger partial charge in [-0.2, -0.15) is 0 Å². The molecule has 1 heterocycles. The van der Waals surface area contributed by atoms with Crippen molar-refractivity contribution in [1.82, 2.24) is 9.80 Å². The Kier molecular flexibility index (Phi) is 2.72. The molecular formula is C13H20N2O3. The normalized spacial score (nSPS) is 36.5. The van der Waals surface area contributed by atoms with Crippen LogP contribution in [0.15, 0.2) is 0 Å². The smallest absolute Gasteiger partial charge is 0.320 e. The molecule has 0 aromatic rings. The molecular weight excluding hydrogens is 232 g/mol. The Morgan fingerprint density at radius 2 is 1.94 bits per heavy atom. The Hall–Kier alpha value is -1.26. The number of aliphatic carboxylic acids is 1. The van der Waals surface area contributed by atoms with Gasteiger partial charge in [-0.05, 0) is 25.2 Å². The molecule has 3 unspecified atom stereocenters. The van der Waals surface area contributed by atoms with Gasteiger partial charge in [0.2, 0.25) is 0 Å². The molecule has 0 radical (unpaired) electrons. The van der Waals surface area contributed by atoms with Gasteiger partial charge in [-0.25, -0.2) is 4.79 Å². The topological polar surface area (TPSA) is 60.9 Å². The van der Waals surface area contributed by atoms with Gasteiger partial charge in [0.1, 0.15) is 0 Å². The fraction of sp³-hybridized carbons (Fsp3) is 0.846. The lowest BCUT2D eigenvalue weighted by Crippen LogP contribution is -2.35. The summed E-state index contributed by atoms with van der Waals surface area (Å²) in [7, 11) is 1.86. The van der Waals surface area contributed by atoms with Crippen LogP contribution in [0.3, 0.4) is 0 Å². The second-order valence-electron chi connectivity index (χ2n) is 5.91. The zero-order valence-electron chi connectivity index (χ0n) is 10.7. The summed E-state index contributed by atoms with van der Waals surface area (Å²) in [5, 5.41) is 8.96. The summed E-state index contributed by atoms with van der Waals surface area (Å²) in [5.41, 5.74) is 0. The van der Waals surface area contributed by atoms with Crippen LogP contribution in [0.25, 0.3) is 0 Å². The third kappa shape index (κ3) is 1.76. The van der Waals surface area contributed by atoms with Crippen LogP contribution in [0.2, 0.25) is 0 Å². The Morgan fingerprint density at radius 1 is 1.28 bits per heavy atom. The molecule has 100 valence electrons. The molecule has 1 N–H and O–H groups in total. The van der Waals surface area contributed by atoms with Gasteiger partial charge in [0.05, 0.1) is 12.0 Å². The van der Waals surface area contributed by atoms with Gasteiger partial charge in [0.25, 0.3) is 0 Å². The number of carbonyl (C=O) groups is 2. The first-order valence-electron chi connectivity index (χ1n) is 6.86. The average Bonchev–Trinajstić information content (AvgIpc) is 2.84. The lowest BCUT2D eigenvalue weighted by atomic mass is 9.98. The molecule has 1 aliphatic heterocycles. The molecule has 0 aromatic carbocycles. The van der Waals surface area contributed by atoms with Crippen molar-refractivity contribution >= 4 is 12.0 Å². The third-order valence-corrected chi connectivity index (χ3v) is 4.85. The van der Waals surface area contributed by atoms with Crippen LogP contribution in [0.5, 0.6) is 0 Å². The number of carboxylic acids is 1. The number of hydrogen-bond donors (Lipinski definition) is 1. The first-order chi connectivity index (χ1) is 8.59. The quantitative estimate of drug-likeness (QED) is 0.825. The van der Waals surface area contributed by atoms with Crippen molar-refractivity contribution in [3.05, 3.63) is 0 Å². The molecule has 3 rings (SSSR count). The molecule has 0 spiro atoms. The summed E-state index contributed by atoms with van der Waals surface area (Å²) >= 11 is 0. The summed E-state index contributed by atoms with van der Waals surface area (Å²) < 4.78 is 0. The molecule has 2 amide bonds. The molecule has 1 saturated heterocycles. The standard InChI is InChI=1S/C13H20N2O3/c1-14-11(8-4-2-3-5-8)7-15(13(14)18)10-6-9(10)12(16)17/h8-11H,2-7H2,1H3,(H,16,17). The lowest BCUT2D eigenvalue weighted by molar-refractivity contribution is -0.138. The van der Waals surface area contributed by atoms with Crippen LogP contribution in [-0.2, 0) is 4.79 Å². The number of rotatable bonds is 3. The van der Waals surface area contributed by atoms with Gasteiger partial charge in [-0.3, -0.25) is 4.79 Å². The van der Waals surface area contributed by atoms with E-state index in [1.54, 1.807) is 4.90 Å². The zero-order valence-corrected chi connectivity index (χ0v) is 10.7. The van der Waals surface area contributed by atoms with Crippen molar-refractivity contribution in [2.45, 2.75) is 44.2 Å². The number of nitrogens with zero attached hydrogens (tertiary/aromatic N) is 2. The Bertz CT molecular complexity index is 378. The number of likely N-dealkylation sites (N-methyl/N-ethyl adjacent to an activating group) is 1. The van der Waals surface area contributed by atoms with Crippen LogP contribution in [0.1, 0.15) is 32.1 Å². The number of amides is 2. The van der Waals surface area contributed by atoms with Crippen molar-refractivity contribution in [1.29, 1.82) is 0 Å². The van der Waals surface area contributed by atoms with E-state index in [-0.39, 0.29) is 18.0 Å². The molecule has 18 heavy (non-hydrogen) atoms. The highest BCUT2D eigenvalue weighted by Gasteiger charge is 2.53. The molecule has 5 heteroatoms. The fourth-order valence-corrected chi connectivity index (χ4v) is 3.62. The van der Waals surface area contributed by atoms with Gasteiger partial charge >= 0.3 is 12.0 Å². The van der Waals surface area contributed by atoms with Gasteiger partial charge in [-0.1, -0.05) is 12.8 Å². The van der Waals surface area contributed by atoms with E-state index in [4.69, 9.17) is 5.11 Å². The van der Waals surface area contributed by atoms with Crippen molar-refractivity contribution in [3.8, 4) is 0 Å². The van der Waals surface area contributed by atoms with E-state index in [9.17, 15) is 9.59 Å². The summed E-state index contributed by atoms with van der Waals surface area (Å²) in [6.45, 7) is 0.731. The molecule has 3 atom stereocenters. The van der Waals surface area contributed by atoms with Gasteiger partial charge in [-0.15, -0.1) is 0 Å². The third-order valence-electron chi connectivity index (χ3n) is 4.85. The van der Waals surface area contributed by atoms with Crippen LogP contribution in [0.4, 0.5) is 4.79 Å². The zero-order chi connectivity index (χ0) is 12.9. The minimum Gasteiger partial charge on any atom is -0.481 e. The minimum absolute atomic E-state index is 0.0284. The summed E-state index contributed by atoms with van der Waals surface area (Å²) in [5.74, 6) is -0.476. The van der Waals surface area contributed by atoms with E-state index in [0.717, 1.165) is 6.54 Å². The minimum atomic E-state index is -0.764. The molecule has 2 aliphatic carbocycles. The highest BCUT2D eigenvalue weighted by molar-refractivity contribution is 5.81. The predicted molar refractivity (Wildman–Crippen MR) is 65.1 cm³/mol. The Morgan fingerprint density at radius 3 is 2.50 bits per heavy atom. The maximum Gasteiger partial charge on any atom is 0.320 e. The molecule has 3 fully saturated rings. The van der Waals surface area contributed by atoms with Crippen LogP contribution < -0.4 is 0 Å². The van der Waals surface area contributed by atoms with Gasteiger partial charge < -0.3 is 14.9 Å². The van der Waals surface area contributed by atoms with Crippen LogP contribution >= 0.6 is 0 Å². The van der Waals surface area contributed by atoms with E-state index in [2.05, 4.69) is 0 Å². The van der Waals surface area contributed by atoms with E-state index in [0.29, 0.717) is 18.4 Å². The number of carboxylic acid groups (broad SMARTS) is 1. The molecule has 3 aliphatic rings. The van der Waals surface area contributed by atoms with Crippen molar-refractivity contribution in [2.24, 2.45) is 11.8 Å².